The molecule has 2 unspecified atom stereocenters. The third-order valence-electron chi connectivity index (χ3n) is 9.56. The van der Waals surface area contributed by atoms with Crippen LogP contribution in [-0.2, 0) is 19.2 Å². The first-order valence-electron chi connectivity index (χ1n) is 14.1. The van der Waals surface area contributed by atoms with Gasteiger partial charge in [-0.2, -0.15) is 0 Å². The van der Waals surface area contributed by atoms with E-state index in [9.17, 15) is 39.3 Å². The minimum Gasteiger partial charge on any atom is -0.506 e. The van der Waals surface area contributed by atoms with Gasteiger partial charge in [0.15, 0.2) is 40.4 Å². The van der Waals surface area contributed by atoms with Gasteiger partial charge in [0.2, 0.25) is 11.8 Å². The van der Waals surface area contributed by atoms with Crippen molar-refractivity contribution in [2.24, 2.45) is 29.4 Å². The highest BCUT2D eigenvalue weighted by molar-refractivity contribution is 6.32. The first-order chi connectivity index (χ1) is 20.7. The fourth-order valence-corrected chi connectivity index (χ4v) is 7.41. The number of likely N-dealkylation sites (N-methyl/N-ethyl adjacent to an activating group) is 1. The number of aromatic nitrogens is 1. The van der Waals surface area contributed by atoms with Crippen molar-refractivity contribution < 1.29 is 43.7 Å². The van der Waals surface area contributed by atoms with E-state index in [1.54, 1.807) is 13.0 Å². The lowest BCUT2D eigenvalue weighted by molar-refractivity contribution is -0.196. The van der Waals surface area contributed by atoms with E-state index >= 15 is 0 Å². The van der Waals surface area contributed by atoms with Crippen molar-refractivity contribution in [2.75, 3.05) is 14.1 Å². The van der Waals surface area contributed by atoms with Crippen LogP contribution in [0.2, 0.25) is 0 Å². The number of phenols is 1. The Morgan fingerprint density at radius 2 is 1.70 bits per heavy atom. The van der Waals surface area contributed by atoms with Crippen molar-refractivity contribution in [3.63, 3.8) is 0 Å². The second-order valence-electron chi connectivity index (χ2n) is 12.2. The van der Waals surface area contributed by atoms with Gasteiger partial charge in [-0.1, -0.05) is 42.8 Å². The number of aliphatic hydroxyl groups excluding tert-OH is 1. The van der Waals surface area contributed by atoms with Crippen LogP contribution in [0.1, 0.15) is 34.3 Å². The lowest BCUT2D eigenvalue weighted by Crippen LogP contribution is -2.77. The molecule has 6 rings (SSSR count). The number of benzene rings is 2. The number of aromatic hydroxyl groups is 1. The van der Waals surface area contributed by atoms with Gasteiger partial charge in [0.05, 0.1) is 41.3 Å². The minimum absolute atomic E-state index is 0.0104. The summed E-state index contributed by atoms with van der Waals surface area (Å²) in [5, 5.41) is 34.9. The van der Waals surface area contributed by atoms with Gasteiger partial charge in [-0.05, 0) is 38.6 Å². The highest BCUT2D eigenvalue weighted by atomic mass is 16.4. The van der Waals surface area contributed by atoms with Crippen molar-refractivity contribution in [3.05, 3.63) is 59.3 Å². The summed E-state index contributed by atoms with van der Waals surface area (Å²) in [5.41, 5.74) is 4.25. The van der Waals surface area contributed by atoms with Crippen LogP contribution in [0.15, 0.2) is 47.0 Å². The summed E-state index contributed by atoms with van der Waals surface area (Å²) in [5.74, 6) is -13.5. The highest BCUT2D eigenvalue weighted by Crippen LogP contribution is 2.55. The van der Waals surface area contributed by atoms with Gasteiger partial charge in [-0.15, -0.1) is 0 Å². The Morgan fingerprint density at radius 1 is 1.05 bits per heavy atom. The van der Waals surface area contributed by atoms with E-state index in [0.717, 1.165) is 11.1 Å². The number of nitrogens with zero attached hydrogens (tertiary/aromatic N) is 2. The quantitative estimate of drug-likeness (QED) is 0.311. The number of Topliss-reactive ketones (excluding diaryl/α,β-unsaturated/α-hetero) is 4. The largest absolute Gasteiger partial charge is 0.506 e. The molecule has 44 heavy (non-hydrogen) atoms. The van der Waals surface area contributed by atoms with Crippen molar-refractivity contribution in [1.82, 2.24) is 9.88 Å². The topological polar surface area (TPSA) is 201 Å². The molecule has 0 spiro atoms. The lowest BCUT2D eigenvalue weighted by atomic mass is 9.49. The molecule has 12 nitrogen and oxygen atoms in total. The number of aryl methyl sites for hydroxylation is 1. The monoisotopic (exact) mass is 601 g/mol. The van der Waals surface area contributed by atoms with E-state index in [0.29, 0.717) is 11.3 Å². The van der Waals surface area contributed by atoms with Gasteiger partial charge in [0.1, 0.15) is 5.75 Å². The molecule has 0 radical (unpaired) electrons. The van der Waals surface area contributed by atoms with E-state index in [1.165, 1.54) is 31.3 Å². The molecule has 2 fully saturated rings. The number of nitrogens with two attached hydrogens (primary N) is 1. The zero-order valence-electron chi connectivity index (χ0n) is 24.3. The molecule has 0 saturated heterocycles. The number of oxazole rings is 1. The molecule has 3 aromatic rings. The van der Waals surface area contributed by atoms with E-state index in [1.807, 2.05) is 31.2 Å². The molecule has 5 N–H and O–H groups in total. The number of aliphatic hydroxyl groups is 2. The average Bonchev–Trinajstić information content (AvgIpc) is 3.45. The fraction of sp³-hybridized carbons (Fsp3) is 0.375. The smallest absolute Gasteiger partial charge is 0.235 e. The lowest BCUT2D eigenvalue weighted by Gasteiger charge is -2.56. The molecule has 2 aromatic carbocycles. The second kappa shape index (κ2) is 10.0. The van der Waals surface area contributed by atoms with E-state index in [2.05, 4.69) is 4.98 Å². The van der Waals surface area contributed by atoms with Gasteiger partial charge < -0.3 is 25.5 Å². The van der Waals surface area contributed by atoms with Crippen LogP contribution in [0.4, 0.5) is 0 Å². The van der Waals surface area contributed by atoms with Crippen LogP contribution in [0.3, 0.4) is 0 Å². The molecule has 3 aliphatic rings. The maximum atomic E-state index is 14.1. The van der Waals surface area contributed by atoms with Gasteiger partial charge >= 0.3 is 0 Å². The van der Waals surface area contributed by atoms with Gasteiger partial charge in [-0.3, -0.25) is 28.9 Å². The van der Waals surface area contributed by atoms with Crippen LogP contribution in [0.5, 0.6) is 5.75 Å². The molecule has 1 heterocycles. The Bertz CT molecular complexity index is 1760. The van der Waals surface area contributed by atoms with E-state index in [4.69, 9.17) is 10.2 Å². The predicted molar refractivity (Wildman–Crippen MR) is 153 cm³/mol. The van der Waals surface area contributed by atoms with Gasteiger partial charge in [-0.25, -0.2) is 4.98 Å². The maximum Gasteiger partial charge on any atom is 0.235 e. The minimum atomic E-state index is -3.06. The van der Waals surface area contributed by atoms with Gasteiger partial charge in [0, 0.05) is 11.5 Å². The van der Waals surface area contributed by atoms with Crippen LogP contribution >= 0.6 is 0 Å². The summed E-state index contributed by atoms with van der Waals surface area (Å²) in [6.45, 7) is 3.59. The molecule has 1 amide bonds. The first-order valence-corrected chi connectivity index (χ1v) is 14.1. The summed E-state index contributed by atoms with van der Waals surface area (Å²) in [6.07, 6.45) is -0.225. The summed E-state index contributed by atoms with van der Waals surface area (Å²) in [7, 11) is 2.88. The summed E-state index contributed by atoms with van der Waals surface area (Å²) in [4.78, 5) is 72.8. The SMILES string of the molecule is Cc1ccc(-c2cnc(-c3ccc4c(c3O)C(=O)C3C(=O)[C@@]5(O)C(=O)C(C(N)=O)C(=O)[C@H](N(C)C)[C@H]5[C@H](O)[C@H]3[C@@H]4C)o2)cc1. The molecule has 2 saturated carbocycles. The number of primary amides is 1. The van der Waals surface area contributed by atoms with Crippen LogP contribution in [-0.4, -0.2) is 86.1 Å². The van der Waals surface area contributed by atoms with Gasteiger partial charge in [0.25, 0.3) is 0 Å². The first kappa shape index (κ1) is 29.5. The third kappa shape index (κ3) is 3.87. The number of hydrogen-bond acceptors (Lipinski definition) is 11. The number of hydrogen-bond donors (Lipinski definition) is 4. The molecule has 228 valence electrons. The van der Waals surface area contributed by atoms with Crippen molar-refractivity contribution in [1.29, 1.82) is 0 Å². The van der Waals surface area contributed by atoms with Crippen molar-refractivity contribution in [2.45, 2.75) is 37.5 Å². The highest BCUT2D eigenvalue weighted by Gasteiger charge is 2.72. The predicted octanol–water partition coefficient (Wildman–Crippen LogP) is 1.03. The molecule has 0 bridgehead atoms. The standard InChI is InChI=1S/C32H31N3O9/c1-12-5-7-14(8-6-12)17-11-34-31(44-17)16-10-9-15-13(2)18-20(25(37)19(15)24(16)36)28(40)32(43)22(26(18)38)23(35(3)4)27(39)21(29(32)41)30(33)42/h5-11,13,18,20-23,26,36,38,43H,1-4H3,(H2,33,42)/t13-,18+,20?,21?,22+,23-,26-,32-/m1/s1. The number of fused-ring (bicyclic) bond motifs is 3. The number of ketones is 4. The van der Waals surface area contributed by atoms with E-state index < -0.39 is 82.1 Å². The van der Waals surface area contributed by atoms with Crippen LogP contribution in [0.25, 0.3) is 22.8 Å². The summed E-state index contributed by atoms with van der Waals surface area (Å²) in [6, 6.07) is 9.15. The Kier molecular flexibility index (Phi) is 6.72. The van der Waals surface area contributed by atoms with Crippen molar-refractivity contribution >= 4 is 29.0 Å². The molecule has 12 heteroatoms. The van der Waals surface area contributed by atoms with E-state index in [-0.39, 0.29) is 17.0 Å². The zero-order valence-corrected chi connectivity index (χ0v) is 24.3. The summed E-state index contributed by atoms with van der Waals surface area (Å²) < 4.78 is 5.90. The number of rotatable bonds is 4. The molecule has 0 aliphatic heterocycles. The summed E-state index contributed by atoms with van der Waals surface area (Å²) >= 11 is 0. The second-order valence-corrected chi connectivity index (χ2v) is 12.2. The third-order valence-corrected chi connectivity index (χ3v) is 9.56. The average molecular weight is 602 g/mol. The molecular formula is C32H31N3O9. The number of phenolic OH excluding ortho intramolecular Hbond substituents is 1. The number of carbonyl (C=O) groups excluding carboxylic acids is 5. The molecule has 1 aromatic heterocycles. The van der Waals surface area contributed by atoms with Crippen LogP contribution in [0, 0.1) is 30.6 Å². The Labute approximate surface area is 251 Å². The molecule has 8 atom stereocenters. The molecular weight excluding hydrogens is 570 g/mol. The Balaban J connectivity index is 1.46. The fourth-order valence-electron chi connectivity index (χ4n) is 7.41. The molecule has 3 aliphatic carbocycles. The number of carbonyl (C=O) groups is 5. The zero-order chi connectivity index (χ0) is 32.0. The maximum absolute atomic E-state index is 14.1. The Hall–Kier alpha value is -4.52. The van der Waals surface area contributed by atoms with Crippen LogP contribution < -0.4 is 5.73 Å². The number of amides is 1. The normalized spacial score (nSPS) is 31.5. The Morgan fingerprint density at radius 3 is 2.32 bits per heavy atom. The van der Waals surface area contributed by atoms with Crippen molar-refractivity contribution in [3.8, 4) is 28.5 Å².